The predicted octanol–water partition coefficient (Wildman–Crippen LogP) is 1.78. The number of esters is 1. The molecule has 1 heterocycles. The Labute approximate surface area is 100 Å². The molecule has 1 aliphatic rings. The van der Waals surface area contributed by atoms with Crippen LogP contribution in [0.1, 0.15) is 35.7 Å². The third-order valence-electron chi connectivity index (χ3n) is 3.03. The van der Waals surface area contributed by atoms with E-state index in [-0.39, 0.29) is 24.1 Å². The molecular formula is C13H15NO3. The average Bonchev–Trinajstić information content (AvgIpc) is 2.50. The number of pyridine rings is 1. The van der Waals surface area contributed by atoms with Gasteiger partial charge in [-0.15, -0.1) is 0 Å². The molecule has 0 aliphatic heterocycles. The number of carbonyl (C=O) groups excluding carboxylic acids is 2. The lowest BCUT2D eigenvalue weighted by Gasteiger charge is -2.11. The largest absolute Gasteiger partial charge is 0.466 e. The van der Waals surface area contributed by atoms with Crippen LogP contribution in [-0.4, -0.2) is 23.3 Å². The third kappa shape index (κ3) is 2.52. The topological polar surface area (TPSA) is 56.3 Å². The molecule has 0 radical (unpaired) electrons. The van der Waals surface area contributed by atoms with E-state index in [2.05, 4.69) is 4.98 Å². The fourth-order valence-corrected chi connectivity index (χ4v) is 2.12. The van der Waals surface area contributed by atoms with Crippen LogP contribution in [0, 0.1) is 5.92 Å². The van der Waals surface area contributed by atoms with Crippen LogP contribution in [0.4, 0.5) is 0 Å². The molecule has 1 atom stereocenters. The standard InChI is InChI=1S/C13H15NO3/c1-2-17-13(16)10-4-3-9-5-6-14-8-11(9)12(15)7-10/h5-6,8,10H,2-4,7H2,1H3. The van der Waals surface area contributed by atoms with E-state index in [0.29, 0.717) is 18.6 Å². The number of ketones is 1. The van der Waals surface area contributed by atoms with Gasteiger partial charge < -0.3 is 4.74 Å². The number of rotatable bonds is 2. The second kappa shape index (κ2) is 5.08. The molecule has 0 N–H and O–H groups in total. The smallest absolute Gasteiger partial charge is 0.309 e. The number of ether oxygens (including phenoxy) is 1. The number of hydrogen-bond donors (Lipinski definition) is 0. The van der Waals surface area contributed by atoms with Crippen molar-refractivity contribution in [2.24, 2.45) is 5.92 Å². The first-order valence-corrected chi connectivity index (χ1v) is 5.85. The maximum Gasteiger partial charge on any atom is 0.309 e. The van der Waals surface area contributed by atoms with Crippen LogP contribution in [0.3, 0.4) is 0 Å². The van der Waals surface area contributed by atoms with Crippen molar-refractivity contribution in [1.82, 2.24) is 4.98 Å². The number of hydrogen-bond acceptors (Lipinski definition) is 4. The van der Waals surface area contributed by atoms with Gasteiger partial charge in [-0.1, -0.05) is 0 Å². The first kappa shape index (κ1) is 11.8. The summed E-state index contributed by atoms with van der Waals surface area (Å²) in [6.07, 6.45) is 4.90. The summed E-state index contributed by atoms with van der Waals surface area (Å²) in [6.45, 7) is 2.13. The van der Waals surface area contributed by atoms with Gasteiger partial charge in [0.25, 0.3) is 0 Å². The molecule has 0 saturated heterocycles. The fraction of sp³-hybridized carbons (Fsp3) is 0.462. The Bertz CT molecular complexity index is 442. The number of aromatic nitrogens is 1. The summed E-state index contributed by atoms with van der Waals surface area (Å²) >= 11 is 0. The molecule has 2 rings (SSSR count). The van der Waals surface area contributed by atoms with Gasteiger partial charge in [0.05, 0.1) is 12.5 Å². The normalized spacial score (nSPS) is 19.4. The molecular weight excluding hydrogens is 218 g/mol. The summed E-state index contributed by atoms with van der Waals surface area (Å²) in [5, 5.41) is 0. The molecule has 4 heteroatoms. The van der Waals surface area contributed by atoms with Gasteiger partial charge in [-0.25, -0.2) is 0 Å². The van der Waals surface area contributed by atoms with Gasteiger partial charge in [-0.3, -0.25) is 14.6 Å². The molecule has 1 aliphatic carbocycles. The van der Waals surface area contributed by atoms with E-state index in [0.717, 1.165) is 12.0 Å². The molecule has 0 spiro atoms. The van der Waals surface area contributed by atoms with Gasteiger partial charge >= 0.3 is 5.97 Å². The molecule has 1 unspecified atom stereocenters. The Hall–Kier alpha value is -1.71. The highest BCUT2D eigenvalue weighted by Gasteiger charge is 2.28. The van der Waals surface area contributed by atoms with Crippen molar-refractivity contribution in [2.45, 2.75) is 26.2 Å². The van der Waals surface area contributed by atoms with Gasteiger partial charge in [-0.2, -0.15) is 0 Å². The Kier molecular flexibility index (Phi) is 3.52. The minimum Gasteiger partial charge on any atom is -0.466 e. The summed E-state index contributed by atoms with van der Waals surface area (Å²) in [5.41, 5.74) is 1.64. The molecule has 17 heavy (non-hydrogen) atoms. The lowest BCUT2D eigenvalue weighted by molar-refractivity contribution is -0.148. The minimum atomic E-state index is -0.310. The van der Waals surface area contributed by atoms with Crippen molar-refractivity contribution in [3.8, 4) is 0 Å². The van der Waals surface area contributed by atoms with E-state index >= 15 is 0 Å². The molecule has 1 aromatic rings. The molecule has 0 fully saturated rings. The molecule has 0 saturated carbocycles. The van der Waals surface area contributed by atoms with Gasteiger partial charge in [0.2, 0.25) is 0 Å². The van der Waals surface area contributed by atoms with Gasteiger partial charge in [-0.05, 0) is 31.4 Å². The van der Waals surface area contributed by atoms with Crippen LogP contribution in [0.2, 0.25) is 0 Å². The zero-order valence-corrected chi connectivity index (χ0v) is 9.81. The molecule has 0 bridgehead atoms. The van der Waals surface area contributed by atoms with Crippen molar-refractivity contribution in [1.29, 1.82) is 0 Å². The van der Waals surface area contributed by atoms with Crippen LogP contribution >= 0.6 is 0 Å². The quantitative estimate of drug-likeness (QED) is 0.577. The van der Waals surface area contributed by atoms with Crippen molar-refractivity contribution in [3.05, 3.63) is 29.6 Å². The van der Waals surface area contributed by atoms with E-state index in [1.165, 1.54) is 0 Å². The number of Topliss-reactive ketones (excluding diaryl/α,β-unsaturated/α-hetero) is 1. The zero-order valence-electron chi connectivity index (χ0n) is 9.81. The number of fused-ring (bicyclic) bond motifs is 1. The molecule has 0 amide bonds. The molecule has 0 aromatic carbocycles. The first-order chi connectivity index (χ1) is 8.22. The number of aryl methyl sites for hydroxylation is 1. The summed E-state index contributed by atoms with van der Waals surface area (Å²) in [7, 11) is 0. The van der Waals surface area contributed by atoms with Gasteiger partial charge in [0.15, 0.2) is 5.78 Å². The van der Waals surface area contributed by atoms with Crippen molar-refractivity contribution >= 4 is 11.8 Å². The summed E-state index contributed by atoms with van der Waals surface area (Å²) < 4.78 is 4.98. The van der Waals surface area contributed by atoms with E-state index in [1.54, 1.807) is 19.3 Å². The summed E-state index contributed by atoms with van der Waals surface area (Å²) in [5.74, 6) is -0.583. The third-order valence-corrected chi connectivity index (χ3v) is 3.03. The fourth-order valence-electron chi connectivity index (χ4n) is 2.12. The zero-order chi connectivity index (χ0) is 12.3. The lowest BCUT2D eigenvalue weighted by Crippen LogP contribution is -2.20. The second-order valence-corrected chi connectivity index (χ2v) is 4.15. The van der Waals surface area contributed by atoms with Gasteiger partial charge in [0, 0.05) is 24.4 Å². The van der Waals surface area contributed by atoms with Crippen molar-refractivity contribution in [2.75, 3.05) is 6.61 Å². The van der Waals surface area contributed by atoms with Crippen molar-refractivity contribution < 1.29 is 14.3 Å². The maximum atomic E-state index is 12.0. The maximum absolute atomic E-state index is 12.0. The molecule has 4 nitrogen and oxygen atoms in total. The Morgan fingerprint density at radius 1 is 1.59 bits per heavy atom. The highest BCUT2D eigenvalue weighted by atomic mass is 16.5. The predicted molar refractivity (Wildman–Crippen MR) is 61.6 cm³/mol. The molecule has 90 valence electrons. The minimum absolute atomic E-state index is 0.0105. The van der Waals surface area contributed by atoms with E-state index in [9.17, 15) is 9.59 Å². The van der Waals surface area contributed by atoms with Crippen LogP contribution in [0.15, 0.2) is 18.5 Å². The molecule has 1 aromatic heterocycles. The summed E-state index contributed by atoms with van der Waals surface area (Å²) in [4.78, 5) is 27.6. The van der Waals surface area contributed by atoms with E-state index < -0.39 is 0 Å². The lowest BCUT2D eigenvalue weighted by atomic mass is 9.99. The second-order valence-electron chi connectivity index (χ2n) is 4.15. The number of nitrogens with zero attached hydrogens (tertiary/aromatic N) is 1. The monoisotopic (exact) mass is 233 g/mol. The van der Waals surface area contributed by atoms with Gasteiger partial charge in [0.1, 0.15) is 0 Å². The van der Waals surface area contributed by atoms with Crippen molar-refractivity contribution in [3.63, 3.8) is 0 Å². The number of carbonyl (C=O) groups is 2. The highest BCUT2D eigenvalue weighted by molar-refractivity contribution is 5.99. The Balaban J connectivity index is 2.18. The Morgan fingerprint density at radius 2 is 2.41 bits per heavy atom. The van der Waals surface area contributed by atoms with Crippen LogP contribution < -0.4 is 0 Å². The van der Waals surface area contributed by atoms with E-state index in [4.69, 9.17) is 4.74 Å². The van der Waals surface area contributed by atoms with Crippen LogP contribution in [0.25, 0.3) is 0 Å². The van der Waals surface area contributed by atoms with Crippen LogP contribution in [0.5, 0.6) is 0 Å². The highest BCUT2D eigenvalue weighted by Crippen LogP contribution is 2.24. The van der Waals surface area contributed by atoms with E-state index in [1.807, 2.05) is 6.07 Å². The average molecular weight is 233 g/mol. The Morgan fingerprint density at radius 3 is 3.18 bits per heavy atom. The first-order valence-electron chi connectivity index (χ1n) is 5.85. The summed E-state index contributed by atoms with van der Waals surface area (Å²) in [6, 6.07) is 1.85. The van der Waals surface area contributed by atoms with Crippen LogP contribution in [-0.2, 0) is 16.0 Å². The SMILES string of the molecule is CCOC(=O)C1CCc2ccncc2C(=O)C1.